The second kappa shape index (κ2) is 8.63. The summed E-state index contributed by atoms with van der Waals surface area (Å²) in [5, 5.41) is 2.98. The molecular formula is C17H26N2O3. The van der Waals surface area contributed by atoms with Crippen molar-refractivity contribution in [2.24, 2.45) is 5.92 Å². The van der Waals surface area contributed by atoms with Gasteiger partial charge in [0.25, 0.3) is 0 Å². The van der Waals surface area contributed by atoms with Crippen LogP contribution in [0.4, 0.5) is 10.5 Å². The van der Waals surface area contributed by atoms with E-state index in [1.807, 2.05) is 36.1 Å². The van der Waals surface area contributed by atoms with E-state index in [9.17, 15) is 4.79 Å². The number of hydrogen-bond donors (Lipinski definition) is 1. The van der Waals surface area contributed by atoms with E-state index in [1.54, 1.807) is 0 Å². The summed E-state index contributed by atoms with van der Waals surface area (Å²) in [6.45, 7) is 7.64. The predicted molar refractivity (Wildman–Crippen MR) is 87.4 cm³/mol. The number of para-hydroxylation sites is 2. The van der Waals surface area contributed by atoms with E-state index < -0.39 is 0 Å². The summed E-state index contributed by atoms with van der Waals surface area (Å²) in [5.74, 6) is 1.15. The van der Waals surface area contributed by atoms with Gasteiger partial charge in [0, 0.05) is 25.6 Å². The van der Waals surface area contributed by atoms with Crippen LogP contribution in [0, 0.1) is 5.92 Å². The molecule has 1 saturated heterocycles. The van der Waals surface area contributed by atoms with Gasteiger partial charge in [-0.3, -0.25) is 0 Å². The molecule has 0 bridgehead atoms. The molecule has 0 aliphatic carbocycles. The van der Waals surface area contributed by atoms with Gasteiger partial charge >= 0.3 is 6.03 Å². The van der Waals surface area contributed by atoms with Gasteiger partial charge < -0.3 is 19.7 Å². The molecule has 1 N–H and O–H groups in total. The van der Waals surface area contributed by atoms with Crippen molar-refractivity contribution in [2.75, 3.05) is 38.2 Å². The van der Waals surface area contributed by atoms with Crippen LogP contribution in [0.25, 0.3) is 0 Å². The Labute approximate surface area is 132 Å². The summed E-state index contributed by atoms with van der Waals surface area (Å²) >= 11 is 0. The lowest BCUT2D eigenvalue weighted by molar-refractivity contribution is 0.169. The fraction of sp³-hybridized carbons (Fsp3) is 0.588. The molecule has 1 atom stereocenters. The van der Waals surface area contributed by atoms with Crippen molar-refractivity contribution in [1.29, 1.82) is 0 Å². The molecule has 1 heterocycles. The third-order valence-corrected chi connectivity index (χ3v) is 3.71. The molecule has 1 aliphatic rings. The topological polar surface area (TPSA) is 50.8 Å². The largest absolute Gasteiger partial charge is 0.492 e. The minimum atomic E-state index is -0.0686. The van der Waals surface area contributed by atoms with Crippen LogP contribution in [-0.4, -0.2) is 43.8 Å². The molecule has 5 heteroatoms. The molecule has 22 heavy (non-hydrogen) atoms. The second-order valence-electron chi connectivity index (χ2n) is 5.53. The SMILES string of the molecule is CCCN(CC1CCOC1)C(=O)Nc1ccccc1OCC. The number of anilines is 1. The van der Waals surface area contributed by atoms with E-state index in [1.165, 1.54) is 0 Å². The van der Waals surface area contributed by atoms with Crippen LogP contribution in [0.15, 0.2) is 24.3 Å². The van der Waals surface area contributed by atoms with E-state index in [0.717, 1.165) is 44.8 Å². The van der Waals surface area contributed by atoms with Gasteiger partial charge in [-0.15, -0.1) is 0 Å². The number of nitrogens with zero attached hydrogens (tertiary/aromatic N) is 1. The first-order valence-electron chi connectivity index (χ1n) is 8.10. The van der Waals surface area contributed by atoms with E-state index in [4.69, 9.17) is 9.47 Å². The molecule has 5 nitrogen and oxygen atoms in total. The van der Waals surface area contributed by atoms with Crippen molar-refractivity contribution in [1.82, 2.24) is 4.90 Å². The Hall–Kier alpha value is -1.75. The van der Waals surface area contributed by atoms with E-state index in [2.05, 4.69) is 12.2 Å². The van der Waals surface area contributed by atoms with Crippen LogP contribution in [0.3, 0.4) is 0 Å². The highest BCUT2D eigenvalue weighted by Crippen LogP contribution is 2.24. The minimum absolute atomic E-state index is 0.0686. The first-order chi connectivity index (χ1) is 10.7. The first-order valence-corrected chi connectivity index (χ1v) is 8.10. The van der Waals surface area contributed by atoms with Crippen molar-refractivity contribution in [2.45, 2.75) is 26.7 Å². The number of urea groups is 1. The summed E-state index contributed by atoms with van der Waals surface area (Å²) in [7, 11) is 0. The number of ether oxygens (including phenoxy) is 2. The molecule has 1 unspecified atom stereocenters. The number of nitrogens with one attached hydrogen (secondary N) is 1. The minimum Gasteiger partial charge on any atom is -0.492 e. The Morgan fingerprint density at radius 1 is 1.41 bits per heavy atom. The molecular weight excluding hydrogens is 280 g/mol. The smallest absolute Gasteiger partial charge is 0.321 e. The van der Waals surface area contributed by atoms with Crippen LogP contribution in [0.5, 0.6) is 5.75 Å². The van der Waals surface area contributed by atoms with Gasteiger partial charge in [-0.25, -0.2) is 4.79 Å². The molecule has 0 spiro atoms. The van der Waals surface area contributed by atoms with Crippen molar-refractivity contribution in [3.63, 3.8) is 0 Å². The lowest BCUT2D eigenvalue weighted by atomic mass is 10.1. The Balaban J connectivity index is 2.00. The van der Waals surface area contributed by atoms with Gasteiger partial charge in [0.1, 0.15) is 5.75 Å². The Morgan fingerprint density at radius 2 is 2.23 bits per heavy atom. The van der Waals surface area contributed by atoms with E-state index in [0.29, 0.717) is 18.3 Å². The predicted octanol–water partition coefficient (Wildman–Crippen LogP) is 3.37. The van der Waals surface area contributed by atoms with Crippen molar-refractivity contribution >= 4 is 11.7 Å². The van der Waals surface area contributed by atoms with E-state index >= 15 is 0 Å². The Kier molecular flexibility index (Phi) is 6.52. The number of carbonyl (C=O) groups excluding carboxylic acids is 1. The van der Waals surface area contributed by atoms with Gasteiger partial charge in [0.15, 0.2) is 0 Å². The molecule has 122 valence electrons. The van der Waals surface area contributed by atoms with Crippen LogP contribution in [0.2, 0.25) is 0 Å². The third kappa shape index (κ3) is 4.63. The fourth-order valence-corrected chi connectivity index (χ4v) is 2.63. The first kappa shape index (κ1) is 16.6. The van der Waals surface area contributed by atoms with Crippen molar-refractivity contribution in [3.05, 3.63) is 24.3 Å². The molecule has 0 saturated carbocycles. The van der Waals surface area contributed by atoms with Crippen LogP contribution in [0.1, 0.15) is 26.7 Å². The van der Waals surface area contributed by atoms with Gasteiger partial charge in [-0.05, 0) is 31.9 Å². The zero-order valence-electron chi connectivity index (χ0n) is 13.5. The average molecular weight is 306 g/mol. The Bertz CT molecular complexity index is 473. The van der Waals surface area contributed by atoms with Crippen LogP contribution < -0.4 is 10.1 Å². The molecule has 1 aromatic carbocycles. The lowest BCUT2D eigenvalue weighted by Gasteiger charge is -2.25. The standard InChI is InChI=1S/C17H26N2O3/c1-3-10-19(12-14-9-11-21-13-14)17(20)18-15-7-5-6-8-16(15)22-4-2/h5-8,14H,3-4,9-13H2,1-2H3,(H,18,20). The molecule has 1 aliphatic heterocycles. The Morgan fingerprint density at radius 3 is 2.91 bits per heavy atom. The zero-order valence-corrected chi connectivity index (χ0v) is 13.5. The normalized spacial score (nSPS) is 17.3. The quantitative estimate of drug-likeness (QED) is 0.840. The van der Waals surface area contributed by atoms with Crippen LogP contribution in [-0.2, 0) is 4.74 Å². The van der Waals surface area contributed by atoms with Gasteiger partial charge in [-0.1, -0.05) is 19.1 Å². The molecule has 1 fully saturated rings. The fourth-order valence-electron chi connectivity index (χ4n) is 2.63. The molecule has 0 aromatic heterocycles. The molecule has 1 aromatic rings. The lowest BCUT2D eigenvalue weighted by Crippen LogP contribution is -2.39. The average Bonchev–Trinajstić information content (AvgIpc) is 3.02. The summed E-state index contributed by atoms with van der Waals surface area (Å²) < 4.78 is 11.0. The highest BCUT2D eigenvalue weighted by Gasteiger charge is 2.22. The molecule has 2 rings (SSSR count). The maximum atomic E-state index is 12.6. The summed E-state index contributed by atoms with van der Waals surface area (Å²) in [4.78, 5) is 14.4. The monoisotopic (exact) mass is 306 g/mol. The molecule has 0 radical (unpaired) electrons. The number of amides is 2. The van der Waals surface area contributed by atoms with Gasteiger partial charge in [-0.2, -0.15) is 0 Å². The number of hydrogen-bond acceptors (Lipinski definition) is 3. The number of benzene rings is 1. The highest BCUT2D eigenvalue weighted by molar-refractivity contribution is 5.91. The number of rotatable bonds is 7. The van der Waals surface area contributed by atoms with Crippen molar-refractivity contribution < 1.29 is 14.3 Å². The zero-order chi connectivity index (χ0) is 15.8. The van der Waals surface area contributed by atoms with E-state index in [-0.39, 0.29) is 6.03 Å². The maximum absolute atomic E-state index is 12.6. The highest BCUT2D eigenvalue weighted by atomic mass is 16.5. The van der Waals surface area contributed by atoms with Crippen LogP contribution >= 0.6 is 0 Å². The maximum Gasteiger partial charge on any atom is 0.321 e. The second-order valence-corrected chi connectivity index (χ2v) is 5.53. The summed E-state index contributed by atoms with van der Waals surface area (Å²) in [5.41, 5.74) is 0.720. The molecule has 2 amide bonds. The van der Waals surface area contributed by atoms with Gasteiger partial charge in [0.05, 0.1) is 18.9 Å². The summed E-state index contributed by atoms with van der Waals surface area (Å²) in [6, 6.07) is 7.47. The number of carbonyl (C=O) groups is 1. The third-order valence-electron chi connectivity index (χ3n) is 3.71. The summed E-state index contributed by atoms with van der Waals surface area (Å²) in [6.07, 6.45) is 1.97. The van der Waals surface area contributed by atoms with Gasteiger partial charge in [0.2, 0.25) is 0 Å². The van der Waals surface area contributed by atoms with Crippen molar-refractivity contribution in [3.8, 4) is 5.75 Å².